The minimum Gasteiger partial charge on any atom is -0.465 e. The van der Waals surface area contributed by atoms with Crippen LogP contribution in [0.5, 0.6) is 0 Å². The number of likely N-dealkylation sites (N-methyl/N-ethyl adjacent to an activating group) is 1. The summed E-state index contributed by atoms with van der Waals surface area (Å²) in [6, 6.07) is 28.7. The molecular formula is C34H36N6O4S. The van der Waals surface area contributed by atoms with Gasteiger partial charge in [-0.25, -0.2) is 18.2 Å². The molecule has 0 fully saturated rings. The zero-order chi connectivity index (χ0) is 32.1. The van der Waals surface area contributed by atoms with Crippen molar-refractivity contribution < 1.29 is 17.9 Å². The Balaban J connectivity index is 1.58. The summed E-state index contributed by atoms with van der Waals surface area (Å²) in [6.07, 6.45) is 0.495. The molecule has 1 heterocycles. The van der Waals surface area contributed by atoms with Gasteiger partial charge >= 0.3 is 5.97 Å². The smallest absolute Gasteiger partial charge is 0.337 e. The van der Waals surface area contributed by atoms with E-state index in [0.29, 0.717) is 41.8 Å². The first-order valence-electron chi connectivity index (χ1n) is 14.4. The standard InChI is InChI=1S/C34H36N6O4S/c1-38(2)19-20-40(45(42,43)29-7-5-4-6-8-29)28-17-18-31-30(22-28)37-32(21-24-9-13-26(14-10-24)33(35)36)39(31)23-25-11-15-27(16-12-25)34(41)44-3/h4-18,22H,19-21,23H2,1-3H3,(H3,35,36). The van der Waals surface area contributed by atoms with E-state index in [1.165, 1.54) is 11.4 Å². The molecule has 5 aromatic rings. The molecule has 0 atom stereocenters. The number of anilines is 1. The summed E-state index contributed by atoms with van der Waals surface area (Å²) in [5.74, 6) is 0.377. The molecule has 0 saturated heterocycles. The van der Waals surface area contributed by atoms with Crippen molar-refractivity contribution in [3.05, 3.63) is 125 Å². The van der Waals surface area contributed by atoms with Crippen LogP contribution in [0.4, 0.5) is 5.69 Å². The van der Waals surface area contributed by atoms with Crippen molar-refractivity contribution in [2.24, 2.45) is 5.73 Å². The molecule has 0 amide bonds. The molecule has 0 aliphatic heterocycles. The van der Waals surface area contributed by atoms with Crippen LogP contribution in [0, 0.1) is 5.41 Å². The maximum Gasteiger partial charge on any atom is 0.337 e. The van der Waals surface area contributed by atoms with Crippen LogP contribution >= 0.6 is 0 Å². The van der Waals surface area contributed by atoms with Gasteiger partial charge in [0.15, 0.2) is 0 Å². The first kappa shape index (κ1) is 31.4. The number of nitrogens with two attached hydrogens (primary N) is 1. The van der Waals surface area contributed by atoms with Crippen LogP contribution in [-0.4, -0.2) is 69.0 Å². The number of hydrogen-bond donors (Lipinski definition) is 2. The van der Waals surface area contributed by atoms with Crippen LogP contribution in [0.25, 0.3) is 11.0 Å². The number of sulfonamides is 1. The minimum absolute atomic E-state index is 0.000922. The van der Waals surface area contributed by atoms with Gasteiger partial charge in [-0.05, 0) is 67.7 Å². The average Bonchev–Trinajstić information content (AvgIpc) is 3.37. The van der Waals surface area contributed by atoms with E-state index >= 15 is 0 Å². The van der Waals surface area contributed by atoms with Crippen LogP contribution in [0.2, 0.25) is 0 Å². The maximum atomic E-state index is 13.8. The number of nitrogens with zero attached hydrogens (tertiary/aromatic N) is 4. The Labute approximate surface area is 263 Å². The second-order valence-corrected chi connectivity index (χ2v) is 12.8. The molecule has 1 aromatic heterocycles. The topological polar surface area (TPSA) is 135 Å². The van der Waals surface area contributed by atoms with Crippen molar-refractivity contribution >= 4 is 38.5 Å². The number of imidazole rings is 1. The van der Waals surface area contributed by atoms with Gasteiger partial charge in [0.1, 0.15) is 11.7 Å². The Morgan fingerprint density at radius 2 is 1.53 bits per heavy atom. The Kier molecular flexibility index (Phi) is 9.31. The lowest BCUT2D eigenvalue weighted by Crippen LogP contribution is -2.36. The van der Waals surface area contributed by atoms with Gasteiger partial charge in [-0.2, -0.15) is 0 Å². The van der Waals surface area contributed by atoms with Crippen LogP contribution in [0.3, 0.4) is 0 Å². The van der Waals surface area contributed by atoms with Crippen LogP contribution in [0.1, 0.15) is 32.9 Å². The normalized spacial score (nSPS) is 11.6. The van der Waals surface area contributed by atoms with Gasteiger partial charge in [0.2, 0.25) is 0 Å². The monoisotopic (exact) mass is 624 g/mol. The maximum absolute atomic E-state index is 13.8. The van der Waals surface area contributed by atoms with E-state index in [2.05, 4.69) is 4.57 Å². The fourth-order valence-electron chi connectivity index (χ4n) is 5.06. The Hall–Kier alpha value is -5.00. The van der Waals surface area contributed by atoms with Crippen LogP contribution in [0.15, 0.2) is 102 Å². The molecular weight excluding hydrogens is 588 g/mol. The molecule has 11 heteroatoms. The molecule has 232 valence electrons. The molecule has 45 heavy (non-hydrogen) atoms. The predicted molar refractivity (Wildman–Crippen MR) is 176 cm³/mol. The molecule has 0 spiro atoms. The number of fused-ring (bicyclic) bond motifs is 1. The quantitative estimate of drug-likeness (QED) is 0.119. The van der Waals surface area contributed by atoms with E-state index in [9.17, 15) is 13.2 Å². The van der Waals surface area contributed by atoms with Crippen molar-refractivity contribution in [1.82, 2.24) is 14.5 Å². The lowest BCUT2D eigenvalue weighted by Gasteiger charge is -2.26. The summed E-state index contributed by atoms with van der Waals surface area (Å²) in [4.78, 5) is 19.1. The fraction of sp³-hybridized carbons (Fsp3) is 0.206. The Morgan fingerprint density at radius 1 is 0.889 bits per heavy atom. The molecule has 10 nitrogen and oxygen atoms in total. The molecule has 0 bridgehead atoms. The van der Waals surface area contributed by atoms with E-state index in [1.54, 1.807) is 42.5 Å². The van der Waals surface area contributed by atoms with Crippen molar-refractivity contribution in [2.45, 2.75) is 17.9 Å². The Bertz CT molecular complexity index is 1920. The second-order valence-electron chi connectivity index (χ2n) is 11.0. The third kappa shape index (κ3) is 7.05. The van der Waals surface area contributed by atoms with E-state index in [1.807, 2.05) is 73.6 Å². The van der Waals surface area contributed by atoms with Gasteiger partial charge in [-0.15, -0.1) is 0 Å². The number of benzene rings is 4. The number of amidine groups is 1. The third-order valence-electron chi connectivity index (χ3n) is 7.52. The van der Waals surface area contributed by atoms with Crippen molar-refractivity contribution in [1.29, 1.82) is 5.41 Å². The first-order chi connectivity index (χ1) is 21.6. The van der Waals surface area contributed by atoms with Crippen molar-refractivity contribution in [2.75, 3.05) is 38.6 Å². The van der Waals surface area contributed by atoms with Gasteiger partial charge in [0.25, 0.3) is 10.0 Å². The Morgan fingerprint density at radius 3 is 2.16 bits per heavy atom. The van der Waals surface area contributed by atoms with Gasteiger partial charge in [0.05, 0.1) is 34.3 Å². The highest BCUT2D eigenvalue weighted by molar-refractivity contribution is 7.92. The van der Waals surface area contributed by atoms with Crippen molar-refractivity contribution in [3.8, 4) is 0 Å². The van der Waals surface area contributed by atoms with Gasteiger partial charge < -0.3 is 19.9 Å². The summed E-state index contributed by atoms with van der Waals surface area (Å²) < 4.78 is 36.0. The van der Waals surface area contributed by atoms with E-state index in [0.717, 1.165) is 22.5 Å². The number of nitrogens with one attached hydrogen (secondary N) is 1. The van der Waals surface area contributed by atoms with Crippen molar-refractivity contribution in [3.63, 3.8) is 0 Å². The lowest BCUT2D eigenvalue weighted by atomic mass is 10.1. The summed E-state index contributed by atoms with van der Waals surface area (Å²) in [6.45, 7) is 1.27. The largest absolute Gasteiger partial charge is 0.465 e. The summed E-state index contributed by atoms with van der Waals surface area (Å²) in [5.41, 5.74) is 10.7. The molecule has 0 saturated carbocycles. The number of methoxy groups -OCH3 is 1. The molecule has 0 unspecified atom stereocenters. The van der Waals surface area contributed by atoms with E-state index in [4.69, 9.17) is 20.9 Å². The minimum atomic E-state index is -3.84. The van der Waals surface area contributed by atoms with Crippen LogP contribution in [-0.2, 0) is 27.7 Å². The summed E-state index contributed by atoms with van der Waals surface area (Å²) in [7, 11) is 1.33. The van der Waals surface area contributed by atoms with E-state index in [-0.39, 0.29) is 17.3 Å². The highest BCUT2D eigenvalue weighted by atomic mass is 32.2. The second kappa shape index (κ2) is 13.3. The average molecular weight is 625 g/mol. The molecule has 3 N–H and O–H groups in total. The summed E-state index contributed by atoms with van der Waals surface area (Å²) >= 11 is 0. The molecule has 0 radical (unpaired) electrons. The molecule has 5 rings (SSSR count). The number of nitrogen functional groups attached to an aromatic ring is 1. The zero-order valence-electron chi connectivity index (χ0n) is 25.5. The first-order valence-corrected chi connectivity index (χ1v) is 15.8. The highest BCUT2D eigenvalue weighted by Gasteiger charge is 2.26. The van der Waals surface area contributed by atoms with Gasteiger partial charge in [-0.3, -0.25) is 9.71 Å². The predicted octanol–water partition coefficient (Wildman–Crippen LogP) is 4.50. The molecule has 0 aliphatic carbocycles. The van der Waals surface area contributed by atoms with Crippen LogP contribution < -0.4 is 10.0 Å². The number of ether oxygens (including phenoxy) is 1. The SMILES string of the molecule is COC(=O)c1ccc(Cn2c(Cc3ccc(C(=N)N)cc3)nc3cc(N(CCN(C)C)S(=O)(=O)c4ccccc4)ccc32)cc1. The number of esters is 1. The number of carbonyl (C=O) groups excluding carboxylic acids is 1. The fourth-order valence-corrected chi connectivity index (χ4v) is 6.53. The molecule has 4 aromatic carbocycles. The zero-order valence-corrected chi connectivity index (χ0v) is 26.3. The third-order valence-corrected chi connectivity index (χ3v) is 9.36. The lowest BCUT2D eigenvalue weighted by molar-refractivity contribution is 0.0600. The van der Waals surface area contributed by atoms with E-state index < -0.39 is 16.0 Å². The number of aromatic nitrogens is 2. The molecule has 0 aliphatic rings. The van der Waals surface area contributed by atoms with Gasteiger partial charge in [0, 0.05) is 31.6 Å². The number of hydrogen-bond acceptors (Lipinski definition) is 7. The highest BCUT2D eigenvalue weighted by Crippen LogP contribution is 2.29. The summed E-state index contributed by atoms with van der Waals surface area (Å²) in [5, 5.41) is 7.70. The number of rotatable bonds is 12. The number of carbonyl (C=O) groups is 1. The van der Waals surface area contributed by atoms with Gasteiger partial charge in [-0.1, -0.05) is 54.6 Å².